The summed E-state index contributed by atoms with van der Waals surface area (Å²) in [5, 5.41) is 12.3. The van der Waals surface area contributed by atoms with Gasteiger partial charge in [-0.15, -0.1) is 0 Å². The number of rotatable bonds is 3. The molecule has 0 bridgehead atoms. The molecule has 11 aromatic rings. The minimum atomic E-state index is -0.141. The second-order valence-electron chi connectivity index (χ2n) is 15.9. The third-order valence-corrected chi connectivity index (χ3v) is 12.7. The summed E-state index contributed by atoms with van der Waals surface area (Å²) in [5.41, 5.74) is 14.6. The minimum absolute atomic E-state index is 0.141. The smallest absolute Gasteiger partial charge is 0.143 e. The summed E-state index contributed by atoms with van der Waals surface area (Å²) in [5.74, 6) is 0. The Bertz CT molecular complexity index is 3380. The van der Waals surface area contributed by atoms with Crippen LogP contribution in [-0.2, 0) is 5.41 Å². The van der Waals surface area contributed by atoms with Crippen molar-refractivity contribution in [1.82, 2.24) is 0 Å². The summed E-state index contributed by atoms with van der Waals surface area (Å²) in [6, 6.07) is 67.1. The van der Waals surface area contributed by atoms with E-state index in [1.54, 1.807) is 0 Å². The van der Waals surface area contributed by atoms with Crippen LogP contribution in [-0.4, -0.2) is 0 Å². The first-order chi connectivity index (χ1) is 27.6. The van der Waals surface area contributed by atoms with Gasteiger partial charge in [-0.3, -0.25) is 0 Å². The number of furan rings is 1. The second-order valence-corrected chi connectivity index (χ2v) is 15.9. The van der Waals surface area contributed by atoms with Crippen LogP contribution in [0.25, 0.3) is 110 Å². The molecule has 0 radical (unpaired) electrons. The summed E-state index contributed by atoms with van der Waals surface area (Å²) in [6.07, 6.45) is 0. The zero-order valence-corrected chi connectivity index (χ0v) is 31.2. The Labute approximate surface area is 325 Å². The Balaban J connectivity index is 1.10. The fraction of sp³-hybridized carbons (Fsp3) is 0.0545. The fourth-order valence-corrected chi connectivity index (χ4v) is 10.1. The van der Waals surface area contributed by atoms with Crippen molar-refractivity contribution in [3.63, 3.8) is 0 Å². The molecular weight excluding hydrogens is 677 g/mol. The number of hydrogen-bond donors (Lipinski definition) is 0. The topological polar surface area (TPSA) is 13.1 Å². The Morgan fingerprint density at radius 3 is 1.64 bits per heavy atom. The van der Waals surface area contributed by atoms with E-state index in [-0.39, 0.29) is 5.41 Å². The van der Waals surface area contributed by atoms with Crippen molar-refractivity contribution in [2.45, 2.75) is 19.3 Å². The average molecular weight is 713 g/mol. The van der Waals surface area contributed by atoms with Crippen molar-refractivity contribution < 1.29 is 4.42 Å². The van der Waals surface area contributed by atoms with Gasteiger partial charge in [0.05, 0.1) is 0 Å². The van der Waals surface area contributed by atoms with Gasteiger partial charge in [0.15, 0.2) is 0 Å². The number of benzene rings is 10. The van der Waals surface area contributed by atoms with Crippen LogP contribution in [0.5, 0.6) is 0 Å². The molecule has 262 valence electrons. The third-order valence-electron chi connectivity index (χ3n) is 12.7. The van der Waals surface area contributed by atoms with Gasteiger partial charge < -0.3 is 4.42 Å². The highest BCUT2D eigenvalue weighted by Gasteiger charge is 2.38. The van der Waals surface area contributed by atoms with Crippen LogP contribution in [0, 0.1) is 0 Å². The first kappa shape index (κ1) is 31.4. The van der Waals surface area contributed by atoms with Gasteiger partial charge in [-0.25, -0.2) is 0 Å². The maximum atomic E-state index is 6.70. The molecule has 12 rings (SSSR count). The average Bonchev–Trinajstić information content (AvgIpc) is 3.74. The number of hydrogen-bond acceptors (Lipinski definition) is 1. The largest absolute Gasteiger partial charge is 0.455 e. The van der Waals surface area contributed by atoms with Crippen LogP contribution in [0.15, 0.2) is 186 Å². The lowest BCUT2D eigenvalue weighted by molar-refractivity contribution is 0.657. The minimum Gasteiger partial charge on any atom is -0.455 e. The fourth-order valence-electron chi connectivity index (χ4n) is 10.1. The van der Waals surface area contributed by atoms with E-state index >= 15 is 0 Å². The van der Waals surface area contributed by atoms with Crippen LogP contribution in [0.4, 0.5) is 0 Å². The molecule has 0 fully saturated rings. The van der Waals surface area contributed by atoms with Gasteiger partial charge in [-0.2, -0.15) is 0 Å². The van der Waals surface area contributed by atoms with Crippen LogP contribution < -0.4 is 0 Å². The quantitative estimate of drug-likeness (QED) is 0.166. The molecule has 0 spiro atoms. The van der Waals surface area contributed by atoms with Gasteiger partial charge in [0.1, 0.15) is 11.2 Å². The van der Waals surface area contributed by atoms with Gasteiger partial charge >= 0.3 is 0 Å². The molecule has 0 amide bonds. The maximum absolute atomic E-state index is 6.70. The molecule has 0 aliphatic heterocycles. The molecule has 0 unspecified atom stereocenters. The lowest BCUT2D eigenvalue weighted by Crippen LogP contribution is -2.14. The predicted molar refractivity (Wildman–Crippen MR) is 238 cm³/mol. The Hall–Kier alpha value is -6.96. The lowest BCUT2D eigenvalue weighted by Gasteiger charge is -2.22. The molecule has 10 aromatic carbocycles. The zero-order valence-electron chi connectivity index (χ0n) is 31.2. The van der Waals surface area contributed by atoms with Crippen LogP contribution in [0.1, 0.15) is 25.0 Å². The Morgan fingerprint density at radius 1 is 0.357 bits per heavy atom. The summed E-state index contributed by atoms with van der Waals surface area (Å²) >= 11 is 0. The highest BCUT2D eigenvalue weighted by molar-refractivity contribution is 6.25. The first-order valence-electron chi connectivity index (χ1n) is 19.6. The van der Waals surface area contributed by atoms with Gasteiger partial charge in [-0.05, 0) is 112 Å². The molecule has 1 aliphatic rings. The Kier molecular flexibility index (Phi) is 6.46. The first-order valence-corrected chi connectivity index (χ1v) is 19.6. The summed E-state index contributed by atoms with van der Waals surface area (Å²) < 4.78 is 6.70. The molecule has 1 nitrogen and oxygen atoms in total. The van der Waals surface area contributed by atoms with Crippen LogP contribution >= 0.6 is 0 Å². The summed E-state index contributed by atoms with van der Waals surface area (Å²) in [6.45, 7) is 4.73. The lowest BCUT2D eigenvalue weighted by atomic mass is 9.81. The maximum Gasteiger partial charge on any atom is 0.143 e. The molecule has 0 atom stereocenters. The molecule has 0 saturated heterocycles. The van der Waals surface area contributed by atoms with E-state index in [9.17, 15) is 0 Å². The molecular formula is C55H36O. The zero-order chi connectivity index (χ0) is 37.1. The van der Waals surface area contributed by atoms with Crippen molar-refractivity contribution in [2.75, 3.05) is 0 Å². The van der Waals surface area contributed by atoms with Gasteiger partial charge in [-0.1, -0.05) is 178 Å². The van der Waals surface area contributed by atoms with E-state index in [1.807, 2.05) is 0 Å². The highest BCUT2D eigenvalue weighted by atomic mass is 16.3. The van der Waals surface area contributed by atoms with E-state index in [0.717, 1.165) is 16.6 Å². The van der Waals surface area contributed by atoms with Gasteiger partial charge in [0.25, 0.3) is 0 Å². The summed E-state index contributed by atoms with van der Waals surface area (Å²) in [4.78, 5) is 0. The van der Waals surface area contributed by atoms with Crippen molar-refractivity contribution in [2.24, 2.45) is 0 Å². The molecule has 0 N–H and O–H groups in total. The Morgan fingerprint density at radius 2 is 0.929 bits per heavy atom. The number of fused-ring (bicyclic) bond motifs is 12. The van der Waals surface area contributed by atoms with Crippen molar-refractivity contribution >= 4 is 65.0 Å². The van der Waals surface area contributed by atoms with Crippen LogP contribution in [0.3, 0.4) is 0 Å². The molecule has 1 aromatic heterocycles. The standard InChI is InChI=1S/C55H36O/c1-55(2)47-29-25-35(32-46(47)52-48(55)30-31-49-53(52)45-26-24-33-14-6-7-17-37(33)54(45)56-49)36-27-28-44(39-19-9-8-18-38(36)39)51-42-22-12-10-20-40(42)50(34-15-4-3-5-16-34)41-21-11-13-23-43(41)51/h3-32H,1-2H3. The van der Waals surface area contributed by atoms with E-state index in [4.69, 9.17) is 4.42 Å². The van der Waals surface area contributed by atoms with E-state index in [2.05, 4.69) is 196 Å². The van der Waals surface area contributed by atoms with E-state index in [1.165, 1.54) is 104 Å². The van der Waals surface area contributed by atoms with Crippen molar-refractivity contribution in [1.29, 1.82) is 0 Å². The SMILES string of the molecule is CC1(C)c2ccc(-c3ccc(-c4c5ccccc5c(-c5ccccc5)c5ccccc45)c4ccccc34)cc2-c2c1ccc1oc3c4ccccc4ccc3c21. The highest BCUT2D eigenvalue weighted by Crippen LogP contribution is 2.55. The molecule has 1 heteroatoms. The van der Waals surface area contributed by atoms with Gasteiger partial charge in [0.2, 0.25) is 0 Å². The van der Waals surface area contributed by atoms with E-state index in [0.29, 0.717) is 0 Å². The van der Waals surface area contributed by atoms with E-state index < -0.39 is 0 Å². The summed E-state index contributed by atoms with van der Waals surface area (Å²) in [7, 11) is 0. The normalized spacial score (nSPS) is 13.3. The predicted octanol–water partition coefficient (Wildman–Crippen LogP) is 15.5. The second kappa shape index (κ2) is 11.5. The molecule has 1 heterocycles. The van der Waals surface area contributed by atoms with Crippen LogP contribution in [0.2, 0.25) is 0 Å². The van der Waals surface area contributed by atoms with Crippen molar-refractivity contribution in [3.05, 3.63) is 193 Å². The molecule has 56 heavy (non-hydrogen) atoms. The van der Waals surface area contributed by atoms with Gasteiger partial charge in [0, 0.05) is 21.6 Å². The molecule has 1 aliphatic carbocycles. The molecule has 0 saturated carbocycles. The van der Waals surface area contributed by atoms with Crippen molar-refractivity contribution in [3.8, 4) is 44.5 Å². The monoisotopic (exact) mass is 712 g/mol. The third kappa shape index (κ3) is 4.26.